The monoisotopic (exact) mass is 544 g/mol. The van der Waals surface area contributed by atoms with Crippen molar-refractivity contribution < 1.29 is 17.9 Å². The Labute approximate surface area is 213 Å². The minimum atomic E-state index is -4.07. The number of hydrogen-bond donors (Lipinski definition) is 2. The lowest BCUT2D eigenvalue weighted by molar-refractivity contribution is 0.256. The number of aromatic nitrogens is 3. The number of sulfonamides is 1. The molecule has 1 aliphatic rings. The third kappa shape index (κ3) is 4.67. The molecule has 14 heteroatoms. The molecule has 11 nitrogen and oxygen atoms in total. The number of hydrogen-bond acceptors (Lipinski definition) is 9. The molecule has 0 aliphatic carbocycles. The third-order valence-corrected chi connectivity index (χ3v) is 8.20. The fourth-order valence-electron chi connectivity index (χ4n) is 3.57. The van der Waals surface area contributed by atoms with Gasteiger partial charge < -0.3 is 10.1 Å². The Kier molecular flexibility index (Phi) is 6.20. The van der Waals surface area contributed by atoms with Crippen molar-refractivity contribution in [3.05, 3.63) is 74.7 Å². The predicted molar refractivity (Wildman–Crippen MR) is 136 cm³/mol. The van der Waals surface area contributed by atoms with Crippen LogP contribution in [0.2, 0.25) is 4.34 Å². The quantitative estimate of drug-likeness (QED) is 0.392. The average Bonchev–Trinajstić information content (AvgIpc) is 3.52. The molecule has 0 spiro atoms. The van der Waals surface area contributed by atoms with E-state index >= 15 is 0 Å². The maximum absolute atomic E-state index is 13.2. The molecule has 184 valence electrons. The Morgan fingerprint density at radius 2 is 2.03 bits per heavy atom. The Balaban J connectivity index is 1.36. The van der Waals surface area contributed by atoms with Gasteiger partial charge in [-0.15, -0.1) is 11.3 Å². The normalized spacial score (nSPS) is 13.3. The van der Waals surface area contributed by atoms with Gasteiger partial charge >= 0.3 is 6.03 Å². The second-order valence-electron chi connectivity index (χ2n) is 7.59. The third-order valence-electron chi connectivity index (χ3n) is 5.14. The molecule has 4 heterocycles. The number of carbonyl (C=O) groups is 1. The summed E-state index contributed by atoms with van der Waals surface area (Å²) in [6, 6.07) is 9.94. The van der Waals surface area contributed by atoms with Crippen LogP contribution in [0.15, 0.2) is 62.7 Å². The first kappa shape index (κ1) is 23.9. The van der Waals surface area contributed by atoms with Gasteiger partial charge in [-0.3, -0.25) is 4.79 Å². The van der Waals surface area contributed by atoms with Gasteiger partial charge in [0.05, 0.1) is 33.7 Å². The van der Waals surface area contributed by atoms with E-state index in [1.165, 1.54) is 35.0 Å². The largest absolute Gasteiger partial charge is 0.476 e. The second-order valence-corrected chi connectivity index (χ2v) is 11.2. The van der Waals surface area contributed by atoms with E-state index < -0.39 is 16.1 Å². The van der Waals surface area contributed by atoms with Gasteiger partial charge in [-0.2, -0.15) is 0 Å². The topological polar surface area (TPSA) is 145 Å². The molecule has 0 radical (unpaired) electrons. The lowest BCUT2D eigenvalue weighted by Crippen LogP contribution is -2.34. The molecule has 1 aromatic carbocycles. The molecule has 5 rings (SSSR count). The highest BCUT2D eigenvalue weighted by Gasteiger charge is 2.20. The molecule has 2 amide bonds. The lowest BCUT2D eigenvalue weighted by Gasteiger charge is -2.12. The molecular weight excluding hydrogens is 528 g/mol. The number of thiophene rings is 1. The Bertz CT molecular complexity index is 1700. The number of aliphatic imine (C=N–C) groups is 1. The number of halogens is 1. The molecule has 2 N–H and O–H groups in total. The van der Waals surface area contributed by atoms with Gasteiger partial charge in [0.15, 0.2) is 0 Å². The SMILES string of the molecule is Cc1nc2cc(C3=NCCO3)ccc2c(=O)n1-c1ccc(NC(=O)NS(=O)(=O)c2ccc(Cl)s2)cn1. The van der Waals surface area contributed by atoms with E-state index in [1.54, 1.807) is 25.1 Å². The molecule has 0 atom stereocenters. The predicted octanol–water partition coefficient (Wildman–Crippen LogP) is 3.09. The van der Waals surface area contributed by atoms with Crippen LogP contribution in [0.25, 0.3) is 16.7 Å². The van der Waals surface area contributed by atoms with Gasteiger partial charge in [0.25, 0.3) is 15.6 Å². The minimum Gasteiger partial charge on any atom is -0.476 e. The van der Waals surface area contributed by atoms with Gasteiger partial charge in [0.1, 0.15) is 22.5 Å². The summed E-state index contributed by atoms with van der Waals surface area (Å²) in [5.41, 5.74) is 1.16. The number of ether oxygens (including phenoxy) is 1. The fraction of sp³-hybridized carbons (Fsp3) is 0.136. The summed E-state index contributed by atoms with van der Waals surface area (Å²) >= 11 is 6.59. The Morgan fingerprint density at radius 1 is 1.19 bits per heavy atom. The van der Waals surface area contributed by atoms with Crippen LogP contribution in [-0.4, -0.2) is 48.0 Å². The van der Waals surface area contributed by atoms with Crippen LogP contribution in [0.3, 0.4) is 0 Å². The molecule has 36 heavy (non-hydrogen) atoms. The maximum Gasteiger partial charge on any atom is 0.333 e. The zero-order chi connectivity index (χ0) is 25.4. The van der Waals surface area contributed by atoms with Gasteiger partial charge in [-0.1, -0.05) is 11.6 Å². The lowest BCUT2D eigenvalue weighted by atomic mass is 10.1. The van der Waals surface area contributed by atoms with Gasteiger partial charge in [-0.05, 0) is 49.4 Å². The van der Waals surface area contributed by atoms with Gasteiger partial charge in [0, 0.05) is 5.56 Å². The van der Waals surface area contributed by atoms with Crippen molar-refractivity contribution in [2.24, 2.45) is 4.99 Å². The number of fused-ring (bicyclic) bond motifs is 1. The molecule has 3 aromatic heterocycles. The zero-order valence-corrected chi connectivity index (χ0v) is 20.9. The Morgan fingerprint density at radius 3 is 2.69 bits per heavy atom. The molecule has 0 saturated carbocycles. The van der Waals surface area contributed by atoms with E-state index in [2.05, 4.69) is 20.3 Å². The highest BCUT2D eigenvalue weighted by Crippen LogP contribution is 2.25. The number of benzene rings is 1. The molecule has 0 fully saturated rings. The van der Waals surface area contributed by atoms with E-state index in [1.807, 2.05) is 4.72 Å². The first-order valence-electron chi connectivity index (χ1n) is 10.5. The average molecular weight is 545 g/mol. The number of nitrogens with one attached hydrogen (secondary N) is 2. The standard InChI is InChI=1S/C22H17ClN6O5S2/c1-12-26-16-10-13(20-24-8-9-34-20)2-4-15(16)21(30)29(12)18-6-3-14(11-25-18)27-22(31)28-36(32,33)19-7-5-17(23)35-19/h2-7,10-11H,8-9H2,1H3,(H2,27,28,31). The summed E-state index contributed by atoms with van der Waals surface area (Å²) in [7, 11) is -4.07. The summed E-state index contributed by atoms with van der Waals surface area (Å²) in [5.74, 6) is 1.22. The summed E-state index contributed by atoms with van der Waals surface area (Å²) in [5, 5.41) is 2.79. The van der Waals surface area contributed by atoms with Crippen molar-refractivity contribution in [1.29, 1.82) is 0 Å². The Hall–Kier alpha value is -3.81. The molecular formula is C22H17ClN6O5S2. The van der Waals surface area contributed by atoms with Crippen LogP contribution in [0, 0.1) is 6.92 Å². The number of nitrogens with zero attached hydrogens (tertiary/aromatic N) is 4. The van der Waals surface area contributed by atoms with Crippen molar-refractivity contribution in [2.45, 2.75) is 11.1 Å². The van der Waals surface area contributed by atoms with Crippen LogP contribution in [0.1, 0.15) is 11.4 Å². The molecule has 4 aromatic rings. The van der Waals surface area contributed by atoms with Crippen molar-refractivity contribution in [1.82, 2.24) is 19.3 Å². The van der Waals surface area contributed by atoms with Gasteiger partial charge in [-0.25, -0.2) is 37.5 Å². The highest BCUT2D eigenvalue weighted by molar-refractivity contribution is 7.92. The van der Waals surface area contributed by atoms with E-state index in [0.717, 1.165) is 16.9 Å². The summed E-state index contributed by atoms with van der Waals surface area (Å²) in [6.45, 7) is 2.80. The van der Waals surface area contributed by atoms with Crippen LogP contribution in [-0.2, 0) is 14.8 Å². The summed E-state index contributed by atoms with van der Waals surface area (Å²) < 4.78 is 33.5. The smallest absolute Gasteiger partial charge is 0.333 e. The molecule has 0 bridgehead atoms. The van der Waals surface area contributed by atoms with Crippen LogP contribution >= 0.6 is 22.9 Å². The van der Waals surface area contributed by atoms with E-state index in [0.29, 0.717) is 35.8 Å². The second kappa shape index (κ2) is 9.33. The van der Waals surface area contributed by atoms with E-state index in [9.17, 15) is 18.0 Å². The first-order chi connectivity index (χ1) is 17.2. The van der Waals surface area contributed by atoms with E-state index in [-0.39, 0.29) is 25.6 Å². The van der Waals surface area contributed by atoms with Crippen molar-refractivity contribution in [3.63, 3.8) is 0 Å². The molecule has 0 unspecified atom stereocenters. The van der Waals surface area contributed by atoms with Crippen molar-refractivity contribution in [3.8, 4) is 5.82 Å². The number of carbonyl (C=O) groups excluding carboxylic acids is 1. The number of urea groups is 1. The highest BCUT2D eigenvalue weighted by atomic mass is 35.5. The zero-order valence-electron chi connectivity index (χ0n) is 18.6. The van der Waals surface area contributed by atoms with Gasteiger partial charge in [0.2, 0.25) is 5.90 Å². The number of aryl methyl sites for hydroxylation is 1. The fourth-order valence-corrected chi connectivity index (χ4v) is 5.96. The summed E-state index contributed by atoms with van der Waals surface area (Å²) in [6.07, 6.45) is 1.30. The van der Waals surface area contributed by atoms with Crippen molar-refractivity contribution >= 4 is 61.5 Å². The maximum atomic E-state index is 13.2. The number of anilines is 1. The van der Waals surface area contributed by atoms with Crippen molar-refractivity contribution in [2.75, 3.05) is 18.5 Å². The van der Waals surface area contributed by atoms with Crippen LogP contribution in [0.5, 0.6) is 0 Å². The number of pyridine rings is 1. The summed E-state index contributed by atoms with van der Waals surface area (Å²) in [4.78, 5) is 38.5. The van der Waals surface area contributed by atoms with Crippen LogP contribution in [0.4, 0.5) is 10.5 Å². The van der Waals surface area contributed by atoms with E-state index in [4.69, 9.17) is 16.3 Å². The minimum absolute atomic E-state index is 0.0920. The number of amides is 2. The van der Waals surface area contributed by atoms with Crippen LogP contribution < -0.4 is 15.6 Å². The first-order valence-corrected chi connectivity index (χ1v) is 13.2. The molecule has 0 saturated heterocycles. The number of rotatable bonds is 5. The molecule has 1 aliphatic heterocycles.